The standard InChI is InChI=1S/C25H20N4OS/c1-18(23-27-28-24(30-23)20-13-7-3-8-14-20)31-25-26-17-22(19-11-5-2-6-12-19)29(25)21-15-9-4-10-16-21/h2-18H,1H3. The van der Waals surface area contributed by atoms with E-state index >= 15 is 0 Å². The number of imidazole rings is 1. The Morgan fingerprint density at radius 1 is 0.774 bits per heavy atom. The van der Waals surface area contributed by atoms with E-state index in [2.05, 4.69) is 46.0 Å². The van der Waals surface area contributed by atoms with Gasteiger partial charge in [0.25, 0.3) is 0 Å². The Morgan fingerprint density at radius 3 is 2.06 bits per heavy atom. The molecule has 0 saturated carbocycles. The number of nitrogens with zero attached hydrogens (tertiary/aromatic N) is 4. The predicted molar refractivity (Wildman–Crippen MR) is 123 cm³/mol. The van der Waals surface area contributed by atoms with Crippen LogP contribution in [-0.2, 0) is 0 Å². The lowest BCUT2D eigenvalue weighted by atomic mass is 10.1. The van der Waals surface area contributed by atoms with Crippen LogP contribution in [0.4, 0.5) is 0 Å². The fraction of sp³-hybridized carbons (Fsp3) is 0.0800. The first-order valence-electron chi connectivity index (χ1n) is 10.0. The highest BCUT2D eigenvalue weighted by Gasteiger charge is 2.21. The van der Waals surface area contributed by atoms with E-state index in [1.54, 1.807) is 11.8 Å². The van der Waals surface area contributed by atoms with Gasteiger partial charge in [-0.25, -0.2) is 4.98 Å². The minimum absolute atomic E-state index is 0.0570. The van der Waals surface area contributed by atoms with E-state index in [-0.39, 0.29) is 5.25 Å². The maximum Gasteiger partial charge on any atom is 0.247 e. The zero-order chi connectivity index (χ0) is 21.0. The molecule has 31 heavy (non-hydrogen) atoms. The van der Waals surface area contributed by atoms with Gasteiger partial charge in [0, 0.05) is 16.8 Å². The molecule has 1 atom stereocenters. The SMILES string of the molecule is CC(Sc1ncc(-c2ccccc2)n1-c1ccccc1)c1nnc(-c2ccccc2)o1. The molecule has 0 aliphatic carbocycles. The first-order chi connectivity index (χ1) is 15.3. The van der Waals surface area contributed by atoms with Crippen LogP contribution in [-0.4, -0.2) is 19.7 Å². The number of thioether (sulfide) groups is 1. The van der Waals surface area contributed by atoms with Gasteiger partial charge < -0.3 is 4.42 Å². The van der Waals surface area contributed by atoms with Crippen molar-refractivity contribution >= 4 is 11.8 Å². The lowest BCUT2D eigenvalue weighted by Crippen LogP contribution is -2.00. The summed E-state index contributed by atoms with van der Waals surface area (Å²) in [4.78, 5) is 4.74. The van der Waals surface area contributed by atoms with E-state index < -0.39 is 0 Å². The maximum absolute atomic E-state index is 5.96. The number of aromatic nitrogens is 4. The van der Waals surface area contributed by atoms with Crippen molar-refractivity contribution in [1.82, 2.24) is 19.7 Å². The summed E-state index contributed by atoms with van der Waals surface area (Å²) in [5, 5.41) is 9.32. The first kappa shape index (κ1) is 19.3. The van der Waals surface area contributed by atoms with Crippen molar-refractivity contribution < 1.29 is 4.42 Å². The molecule has 0 spiro atoms. The largest absolute Gasteiger partial charge is 0.419 e. The monoisotopic (exact) mass is 424 g/mol. The molecular formula is C25H20N4OS. The Morgan fingerprint density at radius 2 is 1.39 bits per heavy atom. The Labute approximate surface area is 184 Å². The zero-order valence-electron chi connectivity index (χ0n) is 16.9. The summed E-state index contributed by atoms with van der Waals surface area (Å²) in [6.45, 7) is 2.05. The van der Waals surface area contributed by atoms with Gasteiger partial charge in [-0.15, -0.1) is 10.2 Å². The van der Waals surface area contributed by atoms with Crippen molar-refractivity contribution in [3.05, 3.63) is 103 Å². The van der Waals surface area contributed by atoms with Gasteiger partial charge in [-0.3, -0.25) is 4.57 Å². The second kappa shape index (κ2) is 8.62. The summed E-state index contributed by atoms with van der Waals surface area (Å²) in [5.74, 6) is 1.10. The molecule has 2 heterocycles. The second-order valence-electron chi connectivity index (χ2n) is 7.03. The number of para-hydroxylation sites is 1. The van der Waals surface area contributed by atoms with E-state index in [0.29, 0.717) is 11.8 Å². The molecule has 0 radical (unpaired) electrons. The average Bonchev–Trinajstić information content (AvgIpc) is 3.49. The molecule has 5 aromatic rings. The molecule has 0 N–H and O–H groups in total. The molecule has 3 aromatic carbocycles. The van der Waals surface area contributed by atoms with Crippen molar-refractivity contribution in [3.8, 4) is 28.4 Å². The van der Waals surface area contributed by atoms with Crippen LogP contribution in [0.5, 0.6) is 0 Å². The molecular weight excluding hydrogens is 404 g/mol. The Balaban J connectivity index is 1.48. The van der Waals surface area contributed by atoms with Gasteiger partial charge in [0.15, 0.2) is 5.16 Å². The average molecular weight is 425 g/mol. The Bertz CT molecular complexity index is 1270. The molecule has 2 aromatic heterocycles. The first-order valence-corrected chi connectivity index (χ1v) is 10.9. The van der Waals surface area contributed by atoms with E-state index in [9.17, 15) is 0 Å². The molecule has 0 aliphatic heterocycles. The summed E-state index contributed by atoms with van der Waals surface area (Å²) < 4.78 is 8.13. The third-order valence-electron chi connectivity index (χ3n) is 4.90. The molecule has 0 amide bonds. The van der Waals surface area contributed by atoms with Gasteiger partial charge in [0.05, 0.1) is 17.1 Å². The van der Waals surface area contributed by atoms with Gasteiger partial charge >= 0.3 is 0 Å². The summed E-state index contributed by atoms with van der Waals surface area (Å²) >= 11 is 1.60. The fourth-order valence-corrected chi connectivity index (χ4v) is 4.30. The van der Waals surface area contributed by atoms with E-state index in [0.717, 1.165) is 27.7 Å². The summed E-state index contributed by atoms with van der Waals surface area (Å²) in [5.41, 5.74) is 4.12. The Hall–Kier alpha value is -3.64. The molecule has 6 heteroatoms. The minimum atomic E-state index is -0.0570. The van der Waals surface area contributed by atoms with Gasteiger partial charge in [0.2, 0.25) is 11.8 Å². The van der Waals surface area contributed by atoms with Crippen LogP contribution < -0.4 is 0 Å². The van der Waals surface area contributed by atoms with Crippen LogP contribution in [0.2, 0.25) is 0 Å². The van der Waals surface area contributed by atoms with Gasteiger partial charge in [-0.2, -0.15) is 0 Å². The Kier molecular flexibility index (Phi) is 5.37. The third-order valence-corrected chi connectivity index (χ3v) is 5.96. The number of benzene rings is 3. The van der Waals surface area contributed by atoms with E-state index in [1.807, 2.05) is 72.9 Å². The maximum atomic E-state index is 5.96. The van der Waals surface area contributed by atoms with E-state index in [4.69, 9.17) is 9.40 Å². The molecule has 1 unspecified atom stereocenters. The molecule has 0 aliphatic rings. The lowest BCUT2D eigenvalue weighted by molar-refractivity contribution is 0.509. The quantitative estimate of drug-likeness (QED) is 0.294. The van der Waals surface area contributed by atoms with E-state index in [1.165, 1.54) is 0 Å². The summed E-state index contributed by atoms with van der Waals surface area (Å²) in [6, 6.07) is 30.3. The highest BCUT2D eigenvalue weighted by atomic mass is 32.2. The smallest absolute Gasteiger partial charge is 0.247 e. The van der Waals surface area contributed by atoms with Gasteiger partial charge in [-0.05, 0) is 31.2 Å². The van der Waals surface area contributed by atoms with Crippen molar-refractivity contribution in [2.45, 2.75) is 17.3 Å². The highest BCUT2D eigenvalue weighted by Crippen LogP contribution is 2.38. The zero-order valence-corrected chi connectivity index (χ0v) is 17.7. The van der Waals surface area contributed by atoms with Crippen molar-refractivity contribution in [2.24, 2.45) is 0 Å². The minimum Gasteiger partial charge on any atom is -0.419 e. The summed E-state index contributed by atoms with van der Waals surface area (Å²) in [7, 11) is 0. The molecule has 0 bridgehead atoms. The van der Waals surface area contributed by atoms with Crippen LogP contribution in [0, 0.1) is 0 Å². The van der Waals surface area contributed by atoms with Gasteiger partial charge in [0.1, 0.15) is 0 Å². The van der Waals surface area contributed by atoms with Crippen molar-refractivity contribution in [1.29, 1.82) is 0 Å². The van der Waals surface area contributed by atoms with Crippen LogP contribution in [0.25, 0.3) is 28.4 Å². The molecule has 152 valence electrons. The van der Waals surface area contributed by atoms with Crippen molar-refractivity contribution in [2.75, 3.05) is 0 Å². The molecule has 5 rings (SSSR count). The number of rotatable bonds is 6. The van der Waals surface area contributed by atoms with Crippen LogP contribution >= 0.6 is 11.8 Å². The van der Waals surface area contributed by atoms with Crippen LogP contribution in [0.15, 0.2) is 107 Å². The van der Waals surface area contributed by atoms with Gasteiger partial charge in [-0.1, -0.05) is 78.5 Å². The predicted octanol–water partition coefficient (Wildman–Crippen LogP) is 6.44. The fourth-order valence-electron chi connectivity index (χ4n) is 3.36. The summed E-state index contributed by atoms with van der Waals surface area (Å²) in [6.07, 6.45) is 1.92. The molecule has 0 saturated heterocycles. The number of hydrogen-bond acceptors (Lipinski definition) is 5. The topological polar surface area (TPSA) is 56.7 Å². The third kappa shape index (κ3) is 4.02. The van der Waals surface area contributed by atoms with Crippen molar-refractivity contribution in [3.63, 3.8) is 0 Å². The van der Waals surface area contributed by atoms with Crippen LogP contribution in [0.1, 0.15) is 18.1 Å². The normalized spacial score (nSPS) is 12.0. The second-order valence-corrected chi connectivity index (χ2v) is 8.34. The lowest BCUT2D eigenvalue weighted by Gasteiger charge is -2.13. The molecule has 0 fully saturated rings. The van der Waals surface area contributed by atoms with Crippen LogP contribution in [0.3, 0.4) is 0 Å². The highest BCUT2D eigenvalue weighted by molar-refractivity contribution is 7.99. The molecule has 5 nitrogen and oxygen atoms in total. The number of hydrogen-bond donors (Lipinski definition) is 0.